The van der Waals surface area contributed by atoms with E-state index in [1.54, 1.807) is 0 Å². The highest BCUT2D eigenvalue weighted by molar-refractivity contribution is 5.77. The van der Waals surface area contributed by atoms with Crippen LogP contribution in [-0.2, 0) is 9.59 Å². The molecule has 0 spiro atoms. The van der Waals surface area contributed by atoms with Crippen LogP contribution in [0.4, 0.5) is 0 Å². The SMILES string of the molecule is CC(C)(C)CC(=O)N1CCN(C2CC(=O)NNC2c2ccccc2)CC1. The predicted octanol–water partition coefficient (Wildman–Crippen LogP) is 1.70. The molecule has 0 aromatic heterocycles. The van der Waals surface area contributed by atoms with E-state index in [1.165, 1.54) is 5.56 Å². The summed E-state index contributed by atoms with van der Waals surface area (Å²) in [6.07, 6.45) is 1.05. The molecule has 1 aromatic rings. The Morgan fingerprint density at radius 2 is 1.77 bits per heavy atom. The topological polar surface area (TPSA) is 64.7 Å². The standard InChI is InChI=1S/C20H30N4O2/c1-20(2,3)14-18(26)24-11-9-23(10-12-24)16-13-17(25)21-22-19(16)15-7-5-4-6-8-15/h4-8,16,19,22H,9-14H2,1-3H3,(H,21,25). The van der Waals surface area contributed by atoms with E-state index in [-0.39, 0.29) is 29.3 Å². The first-order chi connectivity index (χ1) is 12.3. The fourth-order valence-corrected chi connectivity index (χ4v) is 3.79. The van der Waals surface area contributed by atoms with Crippen molar-refractivity contribution in [3.8, 4) is 0 Å². The number of hydrogen-bond donors (Lipinski definition) is 2. The first kappa shape index (κ1) is 18.9. The predicted molar refractivity (Wildman–Crippen MR) is 101 cm³/mol. The van der Waals surface area contributed by atoms with Crippen LogP contribution in [0.15, 0.2) is 30.3 Å². The zero-order valence-electron chi connectivity index (χ0n) is 16.0. The van der Waals surface area contributed by atoms with E-state index in [1.807, 2.05) is 23.1 Å². The Balaban J connectivity index is 1.64. The van der Waals surface area contributed by atoms with Gasteiger partial charge in [-0.05, 0) is 11.0 Å². The number of nitrogens with one attached hydrogen (secondary N) is 2. The molecule has 2 fully saturated rings. The summed E-state index contributed by atoms with van der Waals surface area (Å²) in [5.41, 5.74) is 7.13. The summed E-state index contributed by atoms with van der Waals surface area (Å²) in [7, 11) is 0. The molecule has 0 bridgehead atoms. The number of carbonyl (C=O) groups excluding carboxylic acids is 2. The molecule has 6 nitrogen and oxygen atoms in total. The normalized spacial score (nSPS) is 25.0. The van der Waals surface area contributed by atoms with Crippen LogP contribution in [0.3, 0.4) is 0 Å². The van der Waals surface area contributed by atoms with Crippen LogP contribution in [0.2, 0.25) is 0 Å². The molecule has 3 rings (SSSR count). The zero-order valence-corrected chi connectivity index (χ0v) is 16.0. The van der Waals surface area contributed by atoms with Gasteiger partial charge >= 0.3 is 0 Å². The average molecular weight is 358 g/mol. The lowest BCUT2D eigenvalue weighted by molar-refractivity contribution is -0.136. The highest BCUT2D eigenvalue weighted by Crippen LogP contribution is 2.27. The quantitative estimate of drug-likeness (QED) is 0.863. The number of amides is 2. The minimum absolute atomic E-state index is 0.0119. The molecule has 2 N–H and O–H groups in total. The van der Waals surface area contributed by atoms with Crippen LogP contribution in [0.25, 0.3) is 0 Å². The Morgan fingerprint density at radius 1 is 1.12 bits per heavy atom. The highest BCUT2D eigenvalue weighted by Gasteiger charge is 2.36. The van der Waals surface area contributed by atoms with Gasteiger partial charge < -0.3 is 4.90 Å². The van der Waals surface area contributed by atoms with Crippen molar-refractivity contribution in [2.24, 2.45) is 5.41 Å². The second kappa shape index (κ2) is 7.76. The Kier molecular flexibility index (Phi) is 5.63. The maximum absolute atomic E-state index is 12.5. The average Bonchev–Trinajstić information content (AvgIpc) is 2.61. The summed E-state index contributed by atoms with van der Waals surface area (Å²) in [4.78, 5) is 28.7. The van der Waals surface area contributed by atoms with Gasteiger partial charge in [-0.1, -0.05) is 51.1 Å². The molecule has 0 radical (unpaired) electrons. The molecule has 2 saturated heterocycles. The van der Waals surface area contributed by atoms with Gasteiger partial charge in [0.15, 0.2) is 0 Å². The molecule has 2 heterocycles. The Bertz CT molecular complexity index is 633. The van der Waals surface area contributed by atoms with Crippen molar-refractivity contribution in [1.82, 2.24) is 20.7 Å². The molecule has 2 unspecified atom stereocenters. The molecule has 6 heteroatoms. The van der Waals surface area contributed by atoms with E-state index in [0.717, 1.165) is 26.2 Å². The van der Waals surface area contributed by atoms with Crippen LogP contribution < -0.4 is 10.9 Å². The molecule has 1 aromatic carbocycles. The van der Waals surface area contributed by atoms with Gasteiger partial charge in [0.25, 0.3) is 0 Å². The van der Waals surface area contributed by atoms with E-state index in [4.69, 9.17) is 0 Å². The Morgan fingerprint density at radius 3 is 2.38 bits per heavy atom. The van der Waals surface area contributed by atoms with E-state index >= 15 is 0 Å². The van der Waals surface area contributed by atoms with Crippen molar-refractivity contribution in [1.29, 1.82) is 0 Å². The summed E-state index contributed by atoms with van der Waals surface area (Å²) < 4.78 is 0. The lowest BCUT2D eigenvalue weighted by Crippen LogP contribution is -2.60. The number of hydrogen-bond acceptors (Lipinski definition) is 4. The first-order valence-corrected chi connectivity index (χ1v) is 9.45. The van der Waals surface area contributed by atoms with Crippen LogP contribution in [-0.4, -0.2) is 53.8 Å². The van der Waals surface area contributed by atoms with Crippen molar-refractivity contribution in [2.75, 3.05) is 26.2 Å². The van der Waals surface area contributed by atoms with E-state index in [0.29, 0.717) is 12.8 Å². The highest BCUT2D eigenvalue weighted by atomic mass is 16.2. The zero-order chi connectivity index (χ0) is 18.7. The maximum atomic E-state index is 12.5. The lowest BCUT2D eigenvalue weighted by Gasteiger charge is -2.44. The van der Waals surface area contributed by atoms with Crippen LogP contribution in [0.5, 0.6) is 0 Å². The molecular formula is C20H30N4O2. The summed E-state index contributed by atoms with van der Waals surface area (Å²) in [5.74, 6) is 0.254. The molecule has 0 saturated carbocycles. The molecule has 2 aliphatic rings. The van der Waals surface area contributed by atoms with Gasteiger partial charge in [-0.25, -0.2) is 5.43 Å². The van der Waals surface area contributed by atoms with Crippen molar-refractivity contribution in [2.45, 2.75) is 45.7 Å². The van der Waals surface area contributed by atoms with Crippen molar-refractivity contribution in [3.05, 3.63) is 35.9 Å². The molecule has 26 heavy (non-hydrogen) atoms. The fourth-order valence-electron chi connectivity index (χ4n) is 3.79. The van der Waals surface area contributed by atoms with Crippen LogP contribution >= 0.6 is 0 Å². The molecular weight excluding hydrogens is 328 g/mol. The van der Waals surface area contributed by atoms with Crippen molar-refractivity contribution < 1.29 is 9.59 Å². The van der Waals surface area contributed by atoms with Gasteiger partial charge in [0.2, 0.25) is 11.8 Å². The largest absolute Gasteiger partial charge is 0.340 e. The number of carbonyl (C=O) groups is 2. The smallest absolute Gasteiger partial charge is 0.235 e. The minimum atomic E-state index is 0.0119. The van der Waals surface area contributed by atoms with Crippen molar-refractivity contribution >= 4 is 11.8 Å². The Labute approximate surface area is 155 Å². The molecule has 2 amide bonds. The number of piperazine rings is 1. The van der Waals surface area contributed by atoms with E-state index in [9.17, 15) is 9.59 Å². The summed E-state index contributed by atoms with van der Waals surface area (Å²) in [6, 6.07) is 10.4. The number of benzene rings is 1. The molecule has 0 aliphatic carbocycles. The van der Waals surface area contributed by atoms with Gasteiger partial charge in [0.05, 0.1) is 6.04 Å². The maximum Gasteiger partial charge on any atom is 0.235 e. The first-order valence-electron chi connectivity index (χ1n) is 9.45. The van der Waals surface area contributed by atoms with E-state index in [2.05, 4.69) is 48.7 Å². The number of nitrogens with zero attached hydrogens (tertiary/aromatic N) is 2. The van der Waals surface area contributed by atoms with Gasteiger partial charge in [-0.3, -0.25) is 19.9 Å². The van der Waals surface area contributed by atoms with Gasteiger partial charge in [0.1, 0.15) is 0 Å². The fraction of sp³-hybridized carbons (Fsp3) is 0.600. The molecule has 2 aliphatic heterocycles. The minimum Gasteiger partial charge on any atom is -0.340 e. The lowest BCUT2D eigenvalue weighted by atomic mass is 9.91. The van der Waals surface area contributed by atoms with Gasteiger partial charge in [0, 0.05) is 45.1 Å². The Hall–Kier alpha value is -1.92. The third-order valence-corrected chi connectivity index (χ3v) is 5.12. The van der Waals surface area contributed by atoms with Crippen molar-refractivity contribution in [3.63, 3.8) is 0 Å². The summed E-state index contributed by atoms with van der Waals surface area (Å²) in [6.45, 7) is 9.36. The number of hydrazine groups is 1. The van der Waals surface area contributed by atoms with Gasteiger partial charge in [-0.2, -0.15) is 0 Å². The number of rotatable bonds is 3. The van der Waals surface area contributed by atoms with Crippen LogP contribution in [0.1, 0.15) is 45.2 Å². The second-order valence-corrected chi connectivity index (χ2v) is 8.51. The summed E-state index contributed by atoms with van der Waals surface area (Å²) in [5, 5.41) is 0. The molecule has 2 atom stereocenters. The van der Waals surface area contributed by atoms with E-state index < -0.39 is 0 Å². The molecule has 142 valence electrons. The third-order valence-electron chi connectivity index (χ3n) is 5.12. The van der Waals surface area contributed by atoms with Gasteiger partial charge in [-0.15, -0.1) is 0 Å². The second-order valence-electron chi connectivity index (χ2n) is 8.51. The third kappa shape index (κ3) is 4.62. The monoisotopic (exact) mass is 358 g/mol. The summed E-state index contributed by atoms with van der Waals surface area (Å²) >= 11 is 0. The van der Waals surface area contributed by atoms with Crippen LogP contribution in [0, 0.1) is 5.41 Å².